The first-order valence-corrected chi connectivity index (χ1v) is 10.9. The van der Waals surface area contributed by atoms with Crippen LogP contribution in [0.15, 0.2) is 52.0 Å². The SMILES string of the molecule is CC(=O)OC[C@H](/C=C1/C(=O)CC2=C1CN(S(=O)(=O)c1ccc(C)cc1)C2)OC(C)=O. The second-order valence-corrected chi connectivity index (χ2v) is 9.24. The molecule has 9 heteroatoms. The first kappa shape index (κ1) is 21.9. The van der Waals surface area contributed by atoms with Crippen molar-refractivity contribution in [3.63, 3.8) is 0 Å². The van der Waals surface area contributed by atoms with Gasteiger partial charge in [0.15, 0.2) is 11.9 Å². The van der Waals surface area contributed by atoms with E-state index in [-0.39, 0.29) is 36.8 Å². The molecule has 0 radical (unpaired) electrons. The molecule has 1 atom stereocenters. The van der Waals surface area contributed by atoms with E-state index in [0.29, 0.717) is 11.1 Å². The van der Waals surface area contributed by atoms with Gasteiger partial charge in [-0.05, 0) is 36.3 Å². The third kappa shape index (κ3) is 4.68. The zero-order valence-electron chi connectivity index (χ0n) is 17.0. The summed E-state index contributed by atoms with van der Waals surface area (Å²) in [5.74, 6) is -1.30. The Kier molecular flexibility index (Phi) is 6.23. The maximum absolute atomic E-state index is 13.0. The molecule has 3 rings (SSSR count). The lowest BCUT2D eigenvalue weighted by Gasteiger charge is -2.19. The van der Waals surface area contributed by atoms with Gasteiger partial charge < -0.3 is 9.47 Å². The smallest absolute Gasteiger partial charge is 0.303 e. The van der Waals surface area contributed by atoms with E-state index in [1.165, 1.54) is 24.2 Å². The summed E-state index contributed by atoms with van der Waals surface area (Å²) in [5, 5.41) is 0. The zero-order valence-corrected chi connectivity index (χ0v) is 17.8. The van der Waals surface area contributed by atoms with E-state index in [0.717, 1.165) is 11.1 Å². The Labute approximate surface area is 175 Å². The van der Waals surface area contributed by atoms with Crippen LogP contribution >= 0.6 is 0 Å². The molecule has 0 fully saturated rings. The van der Waals surface area contributed by atoms with Gasteiger partial charge in [-0.15, -0.1) is 0 Å². The van der Waals surface area contributed by atoms with Crippen molar-refractivity contribution in [1.82, 2.24) is 4.31 Å². The first-order chi connectivity index (χ1) is 14.1. The monoisotopic (exact) mass is 433 g/mol. The highest BCUT2D eigenvalue weighted by molar-refractivity contribution is 7.89. The van der Waals surface area contributed by atoms with Gasteiger partial charge in [-0.25, -0.2) is 8.42 Å². The molecule has 1 aliphatic heterocycles. The number of carbonyl (C=O) groups is 3. The molecule has 1 aromatic rings. The van der Waals surface area contributed by atoms with Crippen LogP contribution in [-0.4, -0.2) is 56.2 Å². The second-order valence-electron chi connectivity index (χ2n) is 7.30. The molecule has 0 saturated carbocycles. The third-order valence-electron chi connectivity index (χ3n) is 4.91. The van der Waals surface area contributed by atoms with E-state index in [1.54, 1.807) is 24.3 Å². The largest absolute Gasteiger partial charge is 0.462 e. The number of esters is 2. The number of sulfonamides is 1. The summed E-state index contributed by atoms with van der Waals surface area (Å²) in [6, 6.07) is 6.59. The van der Waals surface area contributed by atoms with Crippen molar-refractivity contribution in [3.8, 4) is 0 Å². The lowest BCUT2D eigenvalue weighted by molar-refractivity contribution is -0.153. The number of carbonyl (C=O) groups excluding carboxylic acids is 3. The normalized spacial score (nSPS) is 19.2. The molecule has 160 valence electrons. The summed E-state index contributed by atoms with van der Waals surface area (Å²) in [6.45, 7) is 4.29. The number of nitrogens with zero attached hydrogens (tertiary/aromatic N) is 1. The number of hydrogen-bond acceptors (Lipinski definition) is 7. The van der Waals surface area contributed by atoms with Crippen molar-refractivity contribution in [2.45, 2.75) is 38.2 Å². The van der Waals surface area contributed by atoms with Crippen LogP contribution in [0.25, 0.3) is 0 Å². The Morgan fingerprint density at radius 2 is 1.80 bits per heavy atom. The topological polar surface area (TPSA) is 107 Å². The Morgan fingerprint density at radius 3 is 2.40 bits per heavy atom. The van der Waals surface area contributed by atoms with Crippen LogP contribution in [-0.2, 0) is 33.9 Å². The quantitative estimate of drug-likeness (QED) is 0.496. The van der Waals surface area contributed by atoms with Gasteiger partial charge in [0.2, 0.25) is 10.0 Å². The maximum Gasteiger partial charge on any atom is 0.303 e. The van der Waals surface area contributed by atoms with Crippen LogP contribution in [0.4, 0.5) is 0 Å². The van der Waals surface area contributed by atoms with Crippen LogP contribution in [0.2, 0.25) is 0 Å². The van der Waals surface area contributed by atoms with E-state index in [9.17, 15) is 22.8 Å². The molecule has 8 nitrogen and oxygen atoms in total. The van der Waals surface area contributed by atoms with E-state index >= 15 is 0 Å². The van der Waals surface area contributed by atoms with Crippen LogP contribution < -0.4 is 0 Å². The summed E-state index contributed by atoms with van der Waals surface area (Å²) in [4.78, 5) is 35.1. The van der Waals surface area contributed by atoms with Crippen molar-refractivity contribution in [2.75, 3.05) is 19.7 Å². The molecular formula is C21H23NO7S. The number of Topliss-reactive ketones (excluding diaryl/α,β-unsaturated/α-hetero) is 1. The molecule has 0 unspecified atom stereocenters. The molecule has 0 N–H and O–H groups in total. The summed E-state index contributed by atoms with van der Waals surface area (Å²) in [5.41, 5.74) is 2.62. The van der Waals surface area contributed by atoms with Gasteiger partial charge >= 0.3 is 11.9 Å². The highest BCUT2D eigenvalue weighted by atomic mass is 32.2. The number of hydrogen-bond donors (Lipinski definition) is 0. The molecule has 0 saturated heterocycles. The zero-order chi connectivity index (χ0) is 22.1. The molecule has 0 bridgehead atoms. The standard InChI is InChI=1S/C21H23NO7S/c1-13-4-6-18(7-5-13)30(26,27)22-10-16-8-21(25)19(20(16)11-22)9-17(29-15(3)24)12-28-14(2)23/h4-7,9,17H,8,10-12H2,1-3H3/b19-9+/t17-/m0/s1. The lowest BCUT2D eigenvalue weighted by Crippen LogP contribution is -2.31. The minimum absolute atomic E-state index is 0.0590. The first-order valence-electron chi connectivity index (χ1n) is 9.41. The van der Waals surface area contributed by atoms with Gasteiger partial charge in [0.1, 0.15) is 6.61 Å². The van der Waals surface area contributed by atoms with Crippen molar-refractivity contribution >= 4 is 27.7 Å². The van der Waals surface area contributed by atoms with Crippen molar-refractivity contribution in [1.29, 1.82) is 0 Å². The molecule has 1 aromatic carbocycles. The maximum atomic E-state index is 13.0. The number of aryl methyl sites for hydroxylation is 1. The highest BCUT2D eigenvalue weighted by Gasteiger charge is 2.39. The fraction of sp³-hybridized carbons (Fsp3) is 0.381. The Balaban J connectivity index is 1.83. The Morgan fingerprint density at radius 1 is 1.13 bits per heavy atom. The van der Waals surface area contributed by atoms with E-state index in [4.69, 9.17) is 9.47 Å². The number of benzene rings is 1. The van der Waals surface area contributed by atoms with Crippen molar-refractivity contribution in [2.24, 2.45) is 0 Å². The fourth-order valence-corrected chi connectivity index (χ4v) is 4.89. The molecule has 2 aliphatic rings. The predicted molar refractivity (Wildman–Crippen MR) is 107 cm³/mol. The number of ketones is 1. The number of rotatable bonds is 6. The van der Waals surface area contributed by atoms with Gasteiger partial charge in [0, 0.05) is 38.9 Å². The van der Waals surface area contributed by atoms with Gasteiger partial charge in [-0.1, -0.05) is 17.7 Å². The van der Waals surface area contributed by atoms with E-state index in [2.05, 4.69) is 0 Å². The number of ether oxygens (including phenoxy) is 2. The second kappa shape index (κ2) is 8.53. The Bertz CT molecular complexity index is 1050. The van der Waals surface area contributed by atoms with Crippen LogP contribution in [0.5, 0.6) is 0 Å². The summed E-state index contributed by atoms with van der Waals surface area (Å²) in [7, 11) is -3.71. The lowest BCUT2D eigenvalue weighted by atomic mass is 10.1. The fourth-order valence-electron chi connectivity index (χ4n) is 3.49. The molecule has 1 aliphatic carbocycles. The highest BCUT2D eigenvalue weighted by Crippen LogP contribution is 2.37. The summed E-state index contributed by atoms with van der Waals surface area (Å²) < 4.78 is 37.3. The van der Waals surface area contributed by atoms with Crippen molar-refractivity contribution in [3.05, 3.63) is 52.6 Å². The molecule has 0 spiro atoms. The van der Waals surface area contributed by atoms with Crippen LogP contribution in [0, 0.1) is 6.92 Å². The van der Waals surface area contributed by atoms with Gasteiger partial charge in [-0.2, -0.15) is 4.31 Å². The molecule has 1 heterocycles. The van der Waals surface area contributed by atoms with Gasteiger partial charge in [0.25, 0.3) is 0 Å². The average Bonchev–Trinajstić information content (AvgIpc) is 3.19. The van der Waals surface area contributed by atoms with E-state index < -0.39 is 28.1 Å². The average molecular weight is 433 g/mol. The third-order valence-corrected chi connectivity index (χ3v) is 6.71. The summed E-state index contributed by atoms with van der Waals surface area (Å²) >= 11 is 0. The molecule has 0 aromatic heterocycles. The molecule has 0 amide bonds. The minimum atomic E-state index is -3.71. The van der Waals surface area contributed by atoms with Gasteiger partial charge in [0.05, 0.1) is 4.90 Å². The summed E-state index contributed by atoms with van der Waals surface area (Å²) in [6.07, 6.45) is 0.623. The molecule has 30 heavy (non-hydrogen) atoms. The molecular weight excluding hydrogens is 410 g/mol. The van der Waals surface area contributed by atoms with Crippen LogP contribution in [0.3, 0.4) is 0 Å². The van der Waals surface area contributed by atoms with E-state index in [1.807, 2.05) is 6.92 Å². The predicted octanol–water partition coefficient (Wildman–Crippen LogP) is 1.69. The van der Waals surface area contributed by atoms with Crippen molar-refractivity contribution < 1.29 is 32.3 Å². The van der Waals surface area contributed by atoms with Gasteiger partial charge in [-0.3, -0.25) is 14.4 Å². The minimum Gasteiger partial charge on any atom is -0.462 e. The van der Waals surface area contributed by atoms with Crippen LogP contribution in [0.1, 0.15) is 25.8 Å². The Hall–Kier alpha value is -2.78.